The predicted octanol–water partition coefficient (Wildman–Crippen LogP) is 0.500. The van der Waals surface area contributed by atoms with Gasteiger partial charge in [0.25, 0.3) is 5.91 Å². The fraction of sp³-hybridized carbons (Fsp3) is 0.385. The lowest BCUT2D eigenvalue weighted by Gasteiger charge is -2.22. The first-order valence-electron chi connectivity index (χ1n) is 6.28. The molecule has 2 heterocycles. The summed E-state index contributed by atoms with van der Waals surface area (Å²) < 4.78 is 7.35. The number of fused-ring (bicyclic) bond motifs is 1. The Balaban J connectivity index is 1.75. The zero-order valence-corrected chi connectivity index (χ0v) is 10.7. The van der Waals surface area contributed by atoms with Crippen LogP contribution in [0.25, 0.3) is 11.0 Å². The van der Waals surface area contributed by atoms with Crippen molar-refractivity contribution in [2.45, 2.75) is 6.10 Å². The highest BCUT2D eigenvalue weighted by molar-refractivity contribution is 5.96. The average Bonchev–Trinajstić information content (AvgIpc) is 2.81. The molecule has 19 heavy (non-hydrogen) atoms. The van der Waals surface area contributed by atoms with Gasteiger partial charge >= 0.3 is 0 Å². The van der Waals surface area contributed by atoms with Crippen LogP contribution in [-0.2, 0) is 16.6 Å². The highest BCUT2D eigenvalue weighted by atomic mass is 16.5. The van der Waals surface area contributed by atoms with Crippen LogP contribution in [0.2, 0.25) is 0 Å². The Hall–Kier alpha value is -1.92. The molecule has 2 N–H and O–H groups in total. The summed E-state index contributed by atoms with van der Waals surface area (Å²) in [7, 11) is 1.94. The Morgan fingerprint density at radius 2 is 2.47 bits per heavy atom. The second-order valence-electron chi connectivity index (χ2n) is 4.61. The van der Waals surface area contributed by atoms with Crippen LogP contribution in [-0.4, -0.2) is 41.3 Å². The molecule has 1 atom stereocenters. The van der Waals surface area contributed by atoms with Crippen LogP contribution < -0.4 is 10.6 Å². The van der Waals surface area contributed by atoms with E-state index in [1.165, 1.54) is 0 Å². The smallest absolute Gasteiger partial charge is 0.254 e. The summed E-state index contributed by atoms with van der Waals surface area (Å²) in [6, 6.07) is 5.68. The van der Waals surface area contributed by atoms with E-state index in [-0.39, 0.29) is 5.91 Å². The Labute approximate surface area is 110 Å². The zero-order valence-electron chi connectivity index (χ0n) is 10.7. The summed E-state index contributed by atoms with van der Waals surface area (Å²) in [5.41, 5.74) is 2.64. The summed E-state index contributed by atoms with van der Waals surface area (Å²) >= 11 is 0. The van der Waals surface area contributed by atoms with Crippen LogP contribution >= 0.6 is 0 Å². The first-order valence-corrected chi connectivity index (χ1v) is 6.28. The van der Waals surface area contributed by atoms with E-state index in [2.05, 4.69) is 15.6 Å². The number of rotatable bonds is 2. The van der Waals surface area contributed by atoms with Crippen LogP contribution in [0, 0.1) is 0 Å². The number of nitrogens with one attached hydrogen (secondary N) is 2. The Morgan fingerprint density at radius 3 is 3.26 bits per heavy atom. The summed E-state index contributed by atoms with van der Waals surface area (Å²) in [5, 5.41) is 5.99. The van der Waals surface area contributed by atoms with Gasteiger partial charge in [0.05, 0.1) is 24.0 Å². The number of carbonyl (C=O) groups excluding carboxylic acids is 1. The third-order valence-corrected chi connectivity index (χ3v) is 3.21. The molecular weight excluding hydrogens is 244 g/mol. The fourth-order valence-electron chi connectivity index (χ4n) is 2.17. The topological polar surface area (TPSA) is 68.2 Å². The van der Waals surface area contributed by atoms with Gasteiger partial charge in [0.2, 0.25) is 0 Å². The molecular formula is C13H16N4O2. The van der Waals surface area contributed by atoms with Crippen molar-refractivity contribution in [3.63, 3.8) is 0 Å². The molecule has 1 aliphatic heterocycles. The highest BCUT2D eigenvalue weighted by Crippen LogP contribution is 2.17. The van der Waals surface area contributed by atoms with E-state index in [9.17, 15) is 4.79 Å². The molecule has 1 fully saturated rings. The Morgan fingerprint density at radius 1 is 1.58 bits per heavy atom. The SMILES string of the molecule is Cn1cnc2cc(NC(=O)C3CNCCO3)ccc21. The maximum absolute atomic E-state index is 12.0. The Bertz CT molecular complexity index is 602. The quantitative estimate of drug-likeness (QED) is 0.825. The lowest BCUT2D eigenvalue weighted by molar-refractivity contribution is -0.128. The second-order valence-corrected chi connectivity index (χ2v) is 4.61. The number of aromatic nitrogens is 2. The van der Waals surface area contributed by atoms with E-state index < -0.39 is 6.10 Å². The number of hydrogen-bond donors (Lipinski definition) is 2. The minimum atomic E-state index is -0.423. The van der Waals surface area contributed by atoms with Gasteiger partial charge in [-0.3, -0.25) is 4.79 Å². The van der Waals surface area contributed by atoms with E-state index in [4.69, 9.17) is 4.74 Å². The van der Waals surface area contributed by atoms with E-state index in [0.29, 0.717) is 13.2 Å². The van der Waals surface area contributed by atoms with Crippen molar-refractivity contribution in [2.24, 2.45) is 7.05 Å². The third kappa shape index (κ3) is 2.45. The maximum Gasteiger partial charge on any atom is 0.254 e. The van der Waals surface area contributed by atoms with E-state index in [1.807, 2.05) is 29.8 Å². The molecule has 1 unspecified atom stereocenters. The number of benzene rings is 1. The minimum absolute atomic E-state index is 0.123. The van der Waals surface area contributed by atoms with Crippen LogP contribution in [0.5, 0.6) is 0 Å². The molecule has 2 aromatic rings. The molecule has 0 radical (unpaired) electrons. The number of nitrogens with zero attached hydrogens (tertiary/aromatic N) is 2. The molecule has 1 amide bonds. The minimum Gasteiger partial charge on any atom is -0.366 e. The first-order chi connectivity index (χ1) is 9.24. The van der Waals surface area contributed by atoms with Crippen molar-refractivity contribution in [3.05, 3.63) is 24.5 Å². The van der Waals surface area contributed by atoms with Crippen LogP contribution in [0.1, 0.15) is 0 Å². The zero-order chi connectivity index (χ0) is 13.2. The second kappa shape index (κ2) is 4.99. The number of amides is 1. The number of anilines is 1. The summed E-state index contributed by atoms with van der Waals surface area (Å²) in [4.78, 5) is 16.3. The van der Waals surface area contributed by atoms with Crippen LogP contribution in [0.4, 0.5) is 5.69 Å². The van der Waals surface area contributed by atoms with Gasteiger partial charge in [-0.05, 0) is 18.2 Å². The van der Waals surface area contributed by atoms with Crippen LogP contribution in [0.15, 0.2) is 24.5 Å². The Kier molecular flexibility index (Phi) is 3.18. The largest absolute Gasteiger partial charge is 0.366 e. The molecule has 0 saturated carbocycles. The van der Waals surface area contributed by atoms with Crippen molar-refractivity contribution >= 4 is 22.6 Å². The number of morpholine rings is 1. The summed E-state index contributed by atoms with van der Waals surface area (Å²) in [5.74, 6) is -0.123. The molecule has 6 heteroatoms. The molecule has 1 aromatic carbocycles. The van der Waals surface area contributed by atoms with Gasteiger partial charge in [0, 0.05) is 25.8 Å². The molecule has 1 aromatic heterocycles. The molecule has 1 aliphatic rings. The third-order valence-electron chi connectivity index (χ3n) is 3.21. The van der Waals surface area contributed by atoms with Crippen molar-refractivity contribution in [1.29, 1.82) is 0 Å². The molecule has 0 aliphatic carbocycles. The lowest BCUT2D eigenvalue weighted by atomic mass is 10.2. The summed E-state index contributed by atoms with van der Waals surface area (Å²) in [6.07, 6.45) is 1.33. The number of aryl methyl sites for hydroxylation is 1. The number of carbonyl (C=O) groups is 1. The number of hydrogen-bond acceptors (Lipinski definition) is 4. The molecule has 100 valence electrons. The molecule has 0 spiro atoms. The maximum atomic E-state index is 12.0. The van der Waals surface area contributed by atoms with Crippen molar-refractivity contribution in [3.8, 4) is 0 Å². The van der Waals surface area contributed by atoms with E-state index >= 15 is 0 Å². The van der Waals surface area contributed by atoms with E-state index in [0.717, 1.165) is 23.3 Å². The van der Waals surface area contributed by atoms with Gasteiger partial charge in [-0.2, -0.15) is 0 Å². The lowest BCUT2D eigenvalue weighted by Crippen LogP contribution is -2.45. The van der Waals surface area contributed by atoms with Crippen molar-refractivity contribution in [2.75, 3.05) is 25.0 Å². The number of ether oxygens (including phenoxy) is 1. The average molecular weight is 260 g/mol. The van der Waals surface area contributed by atoms with Gasteiger partial charge in [0.15, 0.2) is 0 Å². The van der Waals surface area contributed by atoms with Gasteiger partial charge in [-0.1, -0.05) is 0 Å². The van der Waals surface area contributed by atoms with Crippen molar-refractivity contribution in [1.82, 2.24) is 14.9 Å². The van der Waals surface area contributed by atoms with Gasteiger partial charge in [-0.25, -0.2) is 4.98 Å². The van der Waals surface area contributed by atoms with Gasteiger partial charge in [-0.15, -0.1) is 0 Å². The van der Waals surface area contributed by atoms with Crippen molar-refractivity contribution < 1.29 is 9.53 Å². The first kappa shape index (κ1) is 12.1. The normalized spacial score (nSPS) is 19.5. The monoisotopic (exact) mass is 260 g/mol. The predicted molar refractivity (Wildman–Crippen MR) is 72.0 cm³/mol. The molecule has 1 saturated heterocycles. The molecule has 0 bridgehead atoms. The van der Waals surface area contributed by atoms with Crippen LogP contribution in [0.3, 0.4) is 0 Å². The molecule has 6 nitrogen and oxygen atoms in total. The standard InChI is InChI=1S/C13H16N4O2/c1-17-8-15-10-6-9(2-3-11(10)17)16-13(18)12-7-14-4-5-19-12/h2-3,6,8,12,14H,4-5,7H2,1H3,(H,16,18). The van der Waals surface area contributed by atoms with Gasteiger partial charge < -0.3 is 19.9 Å². The fourth-order valence-corrected chi connectivity index (χ4v) is 2.17. The summed E-state index contributed by atoms with van der Waals surface area (Å²) in [6.45, 7) is 1.92. The van der Waals surface area contributed by atoms with E-state index in [1.54, 1.807) is 6.33 Å². The van der Waals surface area contributed by atoms with Gasteiger partial charge in [0.1, 0.15) is 6.10 Å². The number of imidazole rings is 1. The molecule has 3 rings (SSSR count). The highest BCUT2D eigenvalue weighted by Gasteiger charge is 2.21.